The second-order valence-corrected chi connectivity index (χ2v) is 7.07. The molecule has 1 N–H and O–H groups in total. The van der Waals surface area contributed by atoms with E-state index in [0.29, 0.717) is 12.3 Å². The van der Waals surface area contributed by atoms with Gasteiger partial charge in [-0.1, -0.05) is 57.8 Å². The van der Waals surface area contributed by atoms with Crippen molar-refractivity contribution in [2.24, 2.45) is 5.92 Å². The average Bonchev–Trinajstić information content (AvgIpc) is 2.70. The van der Waals surface area contributed by atoms with E-state index in [-0.39, 0.29) is 5.91 Å². The van der Waals surface area contributed by atoms with Gasteiger partial charge in [-0.3, -0.25) is 4.79 Å². The molecule has 2 fully saturated rings. The molecular weight excluding hydrogens is 260 g/mol. The summed E-state index contributed by atoms with van der Waals surface area (Å²) in [6.07, 6.45) is 15.6. The first kappa shape index (κ1) is 16.3. The minimum atomic E-state index is -0.581. The molecule has 0 aromatic rings. The van der Waals surface area contributed by atoms with Crippen molar-refractivity contribution in [2.45, 2.75) is 95.4 Å². The molecular formula is C18H30N2O. The van der Waals surface area contributed by atoms with E-state index in [1.54, 1.807) is 0 Å². The van der Waals surface area contributed by atoms with Crippen molar-refractivity contribution in [1.29, 1.82) is 5.26 Å². The van der Waals surface area contributed by atoms with Crippen LogP contribution in [0, 0.1) is 17.2 Å². The second kappa shape index (κ2) is 8.41. The molecule has 0 spiro atoms. The summed E-state index contributed by atoms with van der Waals surface area (Å²) in [6, 6.07) is 2.43. The third-order valence-electron chi connectivity index (χ3n) is 5.25. The van der Waals surface area contributed by atoms with Crippen LogP contribution in [0.4, 0.5) is 0 Å². The molecule has 0 heterocycles. The summed E-state index contributed by atoms with van der Waals surface area (Å²) >= 11 is 0. The summed E-state index contributed by atoms with van der Waals surface area (Å²) in [4.78, 5) is 12.4. The van der Waals surface area contributed by atoms with Crippen molar-refractivity contribution in [3.05, 3.63) is 0 Å². The van der Waals surface area contributed by atoms with Crippen LogP contribution >= 0.6 is 0 Å². The molecule has 2 rings (SSSR count). The van der Waals surface area contributed by atoms with Gasteiger partial charge in [0.1, 0.15) is 5.54 Å². The monoisotopic (exact) mass is 290 g/mol. The Kier molecular flexibility index (Phi) is 6.54. The van der Waals surface area contributed by atoms with Gasteiger partial charge < -0.3 is 5.32 Å². The summed E-state index contributed by atoms with van der Waals surface area (Å²) in [5.74, 6) is 0.654. The van der Waals surface area contributed by atoms with Crippen LogP contribution < -0.4 is 5.32 Å². The van der Waals surface area contributed by atoms with E-state index >= 15 is 0 Å². The van der Waals surface area contributed by atoms with Crippen LogP contribution in [0.3, 0.4) is 0 Å². The highest BCUT2D eigenvalue weighted by Gasteiger charge is 2.32. The molecule has 0 atom stereocenters. The Morgan fingerprint density at radius 3 is 2.05 bits per heavy atom. The summed E-state index contributed by atoms with van der Waals surface area (Å²) in [7, 11) is 0. The van der Waals surface area contributed by atoms with Gasteiger partial charge in [0.25, 0.3) is 0 Å². The lowest BCUT2D eigenvalue weighted by Crippen LogP contribution is -2.48. The number of nitrogens with one attached hydrogen (secondary N) is 1. The molecule has 2 aliphatic rings. The third-order valence-corrected chi connectivity index (χ3v) is 5.25. The van der Waals surface area contributed by atoms with Crippen LogP contribution in [0.1, 0.15) is 89.9 Å². The predicted molar refractivity (Wildman–Crippen MR) is 84.6 cm³/mol. The van der Waals surface area contributed by atoms with Crippen molar-refractivity contribution < 1.29 is 4.79 Å². The number of hydrogen-bond acceptors (Lipinski definition) is 2. The molecule has 0 radical (unpaired) electrons. The first-order valence-electron chi connectivity index (χ1n) is 8.96. The van der Waals surface area contributed by atoms with E-state index in [9.17, 15) is 10.1 Å². The van der Waals surface area contributed by atoms with Crippen LogP contribution in [-0.2, 0) is 4.79 Å². The van der Waals surface area contributed by atoms with Gasteiger partial charge in [-0.05, 0) is 31.6 Å². The van der Waals surface area contributed by atoms with Gasteiger partial charge >= 0.3 is 0 Å². The fourth-order valence-electron chi connectivity index (χ4n) is 3.92. The molecule has 21 heavy (non-hydrogen) atoms. The number of rotatable bonds is 3. The van der Waals surface area contributed by atoms with Crippen molar-refractivity contribution >= 4 is 5.91 Å². The smallest absolute Gasteiger partial charge is 0.221 e. The molecule has 118 valence electrons. The van der Waals surface area contributed by atoms with E-state index in [4.69, 9.17) is 0 Å². The number of amides is 1. The maximum absolute atomic E-state index is 12.4. The Hall–Kier alpha value is -1.04. The largest absolute Gasteiger partial charge is 0.338 e. The first-order chi connectivity index (χ1) is 10.2. The lowest BCUT2D eigenvalue weighted by molar-refractivity contribution is -0.123. The zero-order valence-electron chi connectivity index (χ0n) is 13.3. The lowest BCUT2D eigenvalue weighted by atomic mass is 9.84. The van der Waals surface area contributed by atoms with Gasteiger partial charge in [-0.2, -0.15) is 5.26 Å². The number of nitriles is 1. The van der Waals surface area contributed by atoms with Gasteiger partial charge in [0.2, 0.25) is 5.91 Å². The molecule has 2 saturated carbocycles. The van der Waals surface area contributed by atoms with Gasteiger partial charge in [0.15, 0.2) is 0 Å². The van der Waals surface area contributed by atoms with Gasteiger partial charge in [-0.25, -0.2) is 0 Å². The van der Waals surface area contributed by atoms with E-state index in [1.807, 2.05) is 0 Å². The minimum absolute atomic E-state index is 0.115. The topological polar surface area (TPSA) is 52.9 Å². The Labute approximate surface area is 129 Å². The van der Waals surface area contributed by atoms with Crippen LogP contribution in [0.15, 0.2) is 0 Å². The highest BCUT2D eigenvalue weighted by atomic mass is 16.1. The van der Waals surface area contributed by atoms with Crippen molar-refractivity contribution in [1.82, 2.24) is 5.32 Å². The normalized spacial score (nSPS) is 24.1. The quantitative estimate of drug-likeness (QED) is 0.780. The zero-order chi connectivity index (χ0) is 15.0. The van der Waals surface area contributed by atoms with Crippen molar-refractivity contribution in [2.75, 3.05) is 0 Å². The Balaban J connectivity index is 1.87. The maximum atomic E-state index is 12.4. The molecule has 0 saturated heterocycles. The summed E-state index contributed by atoms with van der Waals surface area (Å²) in [5.41, 5.74) is -0.581. The standard InChI is InChI=1S/C18H30N2O/c19-15-18(12-8-4-1-5-9-13-18)20-17(21)14-16-10-6-2-3-7-11-16/h16H,1-14H2,(H,20,21). The van der Waals surface area contributed by atoms with E-state index in [0.717, 1.165) is 25.7 Å². The molecule has 0 aliphatic heterocycles. The van der Waals surface area contributed by atoms with E-state index < -0.39 is 5.54 Å². The highest BCUT2D eigenvalue weighted by Crippen LogP contribution is 2.28. The molecule has 3 heteroatoms. The summed E-state index contributed by atoms with van der Waals surface area (Å²) in [5, 5.41) is 12.7. The molecule has 0 aromatic heterocycles. The maximum Gasteiger partial charge on any atom is 0.221 e. The van der Waals surface area contributed by atoms with Crippen molar-refractivity contribution in [3.63, 3.8) is 0 Å². The van der Waals surface area contributed by atoms with Crippen LogP contribution in [0.25, 0.3) is 0 Å². The van der Waals surface area contributed by atoms with E-state index in [2.05, 4.69) is 11.4 Å². The fraction of sp³-hybridized carbons (Fsp3) is 0.889. The number of hydrogen-bond donors (Lipinski definition) is 1. The Bertz CT molecular complexity index is 356. The van der Waals surface area contributed by atoms with Gasteiger partial charge in [-0.15, -0.1) is 0 Å². The molecule has 2 aliphatic carbocycles. The number of carbonyl (C=O) groups excluding carboxylic acids is 1. The van der Waals surface area contributed by atoms with E-state index in [1.165, 1.54) is 57.8 Å². The van der Waals surface area contributed by atoms with Crippen molar-refractivity contribution in [3.8, 4) is 6.07 Å². The molecule has 1 amide bonds. The Morgan fingerprint density at radius 2 is 1.48 bits per heavy atom. The van der Waals surface area contributed by atoms with Gasteiger partial charge in [0.05, 0.1) is 6.07 Å². The summed E-state index contributed by atoms with van der Waals surface area (Å²) < 4.78 is 0. The van der Waals surface area contributed by atoms with Crippen LogP contribution in [0.5, 0.6) is 0 Å². The molecule has 3 nitrogen and oxygen atoms in total. The lowest BCUT2D eigenvalue weighted by Gasteiger charge is -2.30. The minimum Gasteiger partial charge on any atom is -0.338 e. The summed E-state index contributed by atoms with van der Waals surface area (Å²) in [6.45, 7) is 0. The third kappa shape index (κ3) is 5.34. The Morgan fingerprint density at radius 1 is 0.952 bits per heavy atom. The fourth-order valence-corrected chi connectivity index (χ4v) is 3.92. The van der Waals surface area contributed by atoms with Crippen LogP contribution in [0.2, 0.25) is 0 Å². The predicted octanol–water partition coefficient (Wildman–Crippen LogP) is 4.47. The highest BCUT2D eigenvalue weighted by molar-refractivity contribution is 5.77. The number of carbonyl (C=O) groups is 1. The second-order valence-electron chi connectivity index (χ2n) is 7.07. The molecule has 0 aromatic carbocycles. The zero-order valence-corrected chi connectivity index (χ0v) is 13.3. The SMILES string of the molecule is N#CC1(NC(=O)CC2CCCCCC2)CCCCCCC1. The van der Waals surface area contributed by atoms with Crippen LogP contribution in [-0.4, -0.2) is 11.4 Å². The van der Waals surface area contributed by atoms with Gasteiger partial charge in [0, 0.05) is 6.42 Å². The molecule has 0 unspecified atom stereocenters. The number of nitrogens with zero attached hydrogens (tertiary/aromatic N) is 1. The molecule has 0 bridgehead atoms. The first-order valence-corrected chi connectivity index (χ1v) is 8.96. The average molecular weight is 290 g/mol.